The Morgan fingerprint density at radius 3 is 2.61 bits per heavy atom. The van der Waals surface area contributed by atoms with E-state index in [2.05, 4.69) is 10.0 Å². The smallest absolute Gasteiger partial charge is 0.411 e. The fourth-order valence-corrected chi connectivity index (χ4v) is 7.83. The molecule has 2 aliphatic rings. The van der Waals surface area contributed by atoms with E-state index < -0.39 is 38.2 Å². The SMILES string of the molecule is CCCC(C)OC(=O)Nc1ccc2c(c1)N(S(=O)(=O)c1ccc(F)c(Cl)c1)C[C@H](CNS(=O)(=O)N1CCC(C)C1)O2. The van der Waals surface area contributed by atoms with Crippen molar-refractivity contribution in [1.82, 2.24) is 9.03 Å². The van der Waals surface area contributed by atoms with Gasteiger partial charge >= 0.3 is 6.09 Å². The first-order valence-electron chi connectivity index (χ1n) is 13.3. The summed E-state index contributed by atoms with van der Waals surface area (Å²) in [7, 11) is -8.13. The zero-order valence-corrected chi connectivity index (χ0v) is 25.4. The van der Waals surface area contributed by atoms with Gasteiger partial charge in [-0.3, -0.25) is 9.62 Å². The molecule has 15 heteroatoms. The number of ether oxygens (including phenoxy) is 2. The lowest BCUT2D eigenvalue weighted by Crippen LogP contribution is -2.50. The van der Waals surface area contributed by atoms with Gasteiger partial charge in [-0.25, -0.2) is 17.6 Å². The highest BCUT2D eigenvalue weighted by Gasteiger charge is 2.37. The highest BCUT2D eigenvalue weighted by molar-refractivity contribution is 7.92. The number of sulfonamides is 1. The predicted octanol–water partition coefficient (Wildman–Crippen LogP) is 4.35. The molecule has 0 radical (unpaired) electrons. The largest absolute Gasteiger partial charge is 0.485 e. The first-order valence-corrected chi connectivity index (χ1v) is 16.6. The second-order valence-electron chi connectivity index (χ2n) is 10.3. The number of hydrogen-bond donors (Lipinski definition) is 2. The molecule has 0 aromatic heterocycles. The van der Waals surface area contributed by atoms with E-state index in [4.69, 9.17) is 21.1 Å². The van der Waals surface area contributed by atoms with Crippen molar-refractivity contribution in [2.24, 2.45) is 5.92 Å². The van der Waals surface area contributed by atoms with Crippen molar-refractivity contribution in [3.05, 3.63) is 47.2 Å². The van der Waals surface area contributed by atoms with E-state index in [9.17, 15) is 26.0 Å². The lowest BCUT2D eigenvalue weighted by atomic mass is 10.2. The highest BCUT2D eigenvalue weighted by Crippen LogP contribution is 2.39. The zero-order chi connectivity index (χ0) is 29.9. The third kappa shape index (κ3) is 7.41. The number of carbonyl (C=O) groups is 1. The summed E-state index contributed by atoms with van der Waals surface area (Å²) >= 11 is 5.88. The van der Waals surface area contributed by atoms with Crippen LogP contribution in [0.1, 0.15) is 40.0 Å². The number of hydrogen-bond acceptors (Lipinski definition) is 7. The molecule has 2 heterocycles. The highest BCUT2D eigenvalue weighted by atomic mass is 35.5. The summed E-state index contributed by atoms with van der Waals surface area (Å²) in [5, 5.41) is 2.22. The maximum Gasteiger partial charge on any atom is 0.411 e. The fraction of sp³-hybridized carbons (Fsp3) is 0.500. The van der Waals surface area contributed by atoms with Gasteiger partial charge in [0.1, 0.15) is 23.8 Å². The lowest BCUT2D eigenvalue weighted by Gasteiger charge is -2.36. The maximum absolute atomic E-state index is 13.8. The van der Waals surface area contributed by atoms with E-state index in [1.54, 1.807) is 6.92 Å². The average Bonchev–Trinajstić information content (AvgIpc) is 3.36. The predicted molar refractivity (Wildman–Crippen MR) is 154 cm³/mol. The number of rotatable bonds is 10. The zero-order valence-electron chi connectivity index (χ0n) is 23.0. The van der Waals surface area contributed by atoms with Crippen molar-refractivity contribution in [3.8, 4) is 5.75 Å². The number of nitrogens with one attached hydrogen (secondary N) is 2. The molecule has 2 aliphatic heterocycles. The van der Waals surface area contributed by atoms with E-state index in [0.29, 0.717) is 19.5 Å². The van der Waals surface area contributed by atoms with Gasteiger partial charge in [0.05, 0.1) is 28.7 Å². The Morgan fingerprint density at radius 1 is 1.20 bits per heavy atom. The van der Waals surface area contributed by atoms with Crippen LogP contribution in [0.5, 0.6) is 5.75 Å². The minimum atomic E-state index is -4.33. The molecule has 11 nitrogen and oxygen atoms in total. The van der Waals surface area contributed by atoms with Crippen molar-refractivity contribution in [2.75, 3.05) is 35.8 Å². The summed E-state index contributed by atoms with van der Waals surface area (Å²) in [6, 6.07) is 7.45. The third-order valence-corrected chi connectivity index (χ3v) is 10.4. The van der Waals surface area contributed by atoms with Crippen LogP contribution in [0.25, 0.3) is 0 Å². The summed E-state index contributed by atoms with van der Waals surface area (Å²) < 4.78 is 83.3. The van der Waals surface area contributed by atoms with Gasteiger partial charge in [-0.1, -0.05) is 31.9 Å². The van der Waals surface area contributed by atoms with Crippen molar-refractivity contribution in [3.63, 3.8) is 0 Å². The average molecular weight is 633 g/mol. The van der Waals surface area contributed by atoms with Gasteiger partial charge in [0.2, 0.25) is 0 Å². The molecule has 2 aromatic rings. The first-order chi connectivity index (χ1) is 19.3. The van der Waals surface area contributed by atoms with E-state index in [1.807, 2.05) is 13.8 Å². The van der Waals surface area contributed by atoms with Gasteiger partial charge in [0.25, 0.3) is 20.2 Å². The van der Waals surface area contributed by atoms with E-state index in [-0.39, 0.29) is 52.2 Å². The van der Waals surface area contributed by atoms with Gasteiger partial charge in [0.15, 0.2) is 0 Å². The molecule has 1 saturated heterocycles. The van der Waals surface area contributed by atoms with Crippen LogP contribution in [0.4, 0.5) is 20.6 Å². The lowest BCUT2D eigenvalue weighted by molar-refractivity contribution is 0.115. The van der Waals surface area contributed by atoms with Gasteiger partial charge in [-0.05, 0) is 62.1 Å². The topological polar surface area (TPSA) is 134 Å². The van der Waals surface area contributed by atoms with E-state index >= 15 is 0 Å². The van der Waals surface area contributed by atoms with Gasteiger partial charge < -0.3 is 9.47 Å². The number of nitrogens with zero attached hydrogens (tertiary/aromatic N) is 2. The van der Waals surface area contributed by atoms with Crippen LogP contribution in [0, 0.1) is 11.7 Å². The molecule has 2 unspecified atom stereocenters. The van der Waals surface area contributed by atoms with E-state index in [0.717, 1.165) is 35.3 Å². The van der Waals surface area contributed by atoms with Gasteiger partial charge in [0, 0.05) is 18.8 Å². The Kier molecular flexibility index (Phi) is 9.69. The molecule has 3 atom stereocenters. The Bertz CT molecular complexity index is 1490. The van der Waals surface area contributed by atoms with Crippen molar-refractivity contribution < 1.29 is 35.5 Å². The Morgan fingerprint density at radius 2 is 1.95 bits per heavy atom. The van der Waals surface area contributed by atoms with Crippen LogP contribution in [-0.4, -0.2) is 65.6 Å². The van der Waals surface area contributed by atoms with Crippen LogP contribution in [0.3, 0.4) is 0 Å². The molecule has 4 rings (SSSR count). The molecule has 1 fully saturated rings. The van der Waals surface area contributed by atoms with Crippen LogP contribution < -0.4 is 19.1 Å². The molecule has 2 N–H and O–H groups in total. The summed E-state index contributed by atoms with van der Waals surface area (Å²) in [4.78, 5) is 12.1. The normalized spacial score (nSPS) is 20.3. The second kappa shape index (κ2) is 12.7. The second-order valence-corrected chi connectivity index (χ2v) is 14.3. The van der Waals surface area contributed by atoms with Crippen LogP contribution >= 0.6 is 11.6 Å². The molecule has 226 valence electrons. The summed E-state index contributed by atoms with van der Waals surface area (Å²) in [6.45, 7) is 6.02. The van der Waals surface area contributed by atoms with E-state index in [1.165, 1.54) is 22.5 Å². The van der Waals surface area contributed by atoms with Crippen molar-refractivity contribution in [1.29, 1.82) is 0 Å². The van der Waals surface area contributed by atoms with Gasteiger partial charge in [-0.15, -0.1) is 0 Å². The number of carbonyl (C=O) groups excluding carboxylic acids is 1. The van der Waals surface area contributed by atoms with Gasteiger partial charge in [-0.2, -0.15) is 17.4 Å². The van der Waals surface area contributed by atoms with Crippen molar-refractivity contribution >= 4 is 49.3 Å². The fourth-order valence-electron chi connectivity index (χ4n) is 4.69. The minimum Gasteiger partial charge on any atom is -0.485 e. The monoisotopic (exact) mass is 632 g/mol. The van der Waals surface area contributed by atoms with Crippen LogP contribution in [-0.2, 0) is 25.0 Å². The number of anilines is 2. The summed E-state index contributed by atoms with van der Waals surface area (Å²) in [5.41, 5.74) is 0.345. The number of halogens is 2. The number of benzene rings is 2. The van der Waals surface area contributed by atoms with Crippen LogP contribution in [0.2, 0.25) is 5.02 Å². The summed E-state index contributed by atoms with van der Waals surface area (Å²) in [5.74, 6) is -0.397. The van der Waals surface area contributed by atoms with Crippen molar-refractivity contribution in [2.45, 2.75) is 57.1 Å². The standard InChI is InChI=1S/C26H34ClFN4O7S2/c1-4-5-18(3)38-26(33)30-19-6-9-25-24(12-19)32(40(34,35)21-7-8-23(28)22(27)13-21)16-20(39-25)14-29-41(36,37)31-11-10-17(2)15-31/h6-9,12-13,17-18,20,29H,4-5,10-11,14-16H2,1-3H3,(H,30,33)/t17?,18?,20-/m0/s1. The third-order valence-electron chi connectivity index (χ3n) is 6.84. The minimum absolute atomic E-state index is 0.0947. The molecular formula is C26H34ClFN4O7S2. The Hall–Kier alpha value is -2.65. The quantitative estimate of drug-likeness (QED) is 0.398. The summed E-state index contributed by atoms with van der Waals surface area (Å²) in [6.07, 6.45) is 0.350. The molecule has 1 amide bonds. The van der Waals surface area contributed by atoms with Crippen LogP contribution in [0.15, 0.2) is 41.3 Å². The molecule has 0 aliphatic carbocycles. The Labute approximate surface area is 245 Å². The maximum atomic E-state index is 13.8. The first kappa shape index (κ1) is 31.3. The molecule has 0 spiro atoms. The molecule has 2 aromatic carbocycles. The number of fused-ring (bicyclic) bond motifs is 1. The molecule has 0 bridgehead atoms. The molecule has 41 heavy (non-hydrogen) atoms. The number of amides is 1. The Balaban J connectivity index is 1.62. The molecule has 0 saturated carbocycles. The molecular weight excluding hydrogens is 599 g/mol.